The molecule has 1 N–H and O–H groups in total. The van der Waals surface area contributed by atoms with E-state index in [-0.39, 0.29) is 24.1 Å². The maximum Gasteiger partial charge on any atom is 0.224 e. The van der Waals surface area contributed by atoms with Gasteiger partial charge in [0.15, 0.2) is 0 Å². The molecule has 0 saturated carbocycles. The summed E-state index contributed by atoms with van der Waals surface area (Å²) in [6.45, 7) is 4.48. The standard InChI is InChI=1S/C28H39N3O3S/c32-28(29-21-25-14-5-6-15-26(25)22-30-17-7-2-8-18-30)27-16-9-19-31(23-27)35(33,34)20-10-13-24-11-3-1-4-12-24/h1,3-6,11-12,14-15,27H,2,7-10,13,16-23H2,(H,29,32)/t27-/m1/s1. The molecule has 4 rings (SSSR count). The van der Waals surface area contributed by atoms with Crippen LogP contribution in [0.3, 0.4) is 0 Å². The van der Waals surface area contributed by atoms with Gasteiger partial charge in [0.25, 0.3) is 0 Å². The number of carbonyl (C=O) groups excluding carboxylic acids is 1. The van der Waals surface area contributed by atoms with Gasteiger partial charge in [-0.3, -0.25) is 9.69 Å². The molecule has 2 aliphatic rings. The number of hydrogen-bond acceptors (Lipinski definition) is 4. The number of likely N-dealkylation sites (tertiary alicyclic amines) is 1. The van der Waals surface area contributed by atoms with E-state index in [0.29, 0.717) is 19.5 Å². The minimum absolute atomic E-state index is 0.0399. The van der Waals surface area contributed by atoms with E-state index < -0.39 is 10.0 Å². The van der Waals surface area contributed by atoms with Crippen molar-refractivity contribution in [1.82, 2.24) is 14.5 Å². The van der Waals surface area contributed by atoms with Gasteiger partial charge in [0, 0.05) is 26.2 Å². The lowest BCUT2D eigenvalue weighted by Crippen LogP contribution is -2.46. The number of nitrogens with one attached hydrogen (secondary N) is 1. The fourth-order valence-electron chi connectivity index (χ4n) is 5.21. The zero-order valence-electron chi connectivity index (χ0n) is 20.7. The van der Waals surface area contributed by atoms with Crippen LogP contribution in [0.15, 0.2) is 54.6 Å². The molecule has 0 radical (unpaired) electrons. The topological polar surface area (TPSA) is 69.7 Å². The fourth-order valence-corrected chi connectivity index (χ4v) is 6.79. The van der Waals surface area contributed by atoms with E-state index in [1.807, 2.05) is 36.4 Å². The number of nitrogens with zero attached hydrogens (tertiary/aromatic N) is 2. The number of sulfonamides is 1. The predicted octanol–water partition coefficient (Wildman–Crippen LogP) is 3.96. The molecule has 1 atom stereocenters. The first-order valence-corrected chi connectivity index (χ1v) is 14.7. The molecule has 0 aromatic heterocycles. The van der Waals surface area contributed by atoms with Crippen molar-refractivity contribution in [2.75, 3.05) is 31.9 Å². The van der Waals surface area contributed by atoms with E-state index in [2.05, 4.69) is 28.4 Å². The molecule has 6 nitrogen and oxygen atoms in total. The van der Waals surface area contributed by atoms with Crippen molar-refractivity contribution in [3.05, 3.63) is 71.3 Å². The maximum absolute atomic E-state index is 13.0. The Morgan fingerprint density at radius 3 is 2.37 bits per heavy atom. The molecule has 2 aromatic carbocycles. The molecule has 0 aliphatic carbocycles. The first-order valence-electron chi connectivity index (χ1n) is 13.1. The van der Waals surface area contributed by atoms with Crippen molar-refractivity contribution < 1.29 is 13.2 Å². The van der Waals surface area contributed by atoms with Gasteiger partial charge < -0.3 is 5.32 Å². The summed E-state index contributed by atoms with van der Waals surface area (Å²) in [5.41, 5.74) is 3.56. The lowest BCUT2D eigenvalue weighted by atomic mass is 9.98. The molecular weight excluding hydrogens is 458 g/mol. The van der Waals surface area contributed by atoms with Crippen molar-refractivity contribution in [3.8, 4) is 0 Å². The van der Waals surface area contributed by atoms with Crippen molar-refractivity contribution >= 4 is 15.9 Å². The first kappa shape index (κ1) is 25.9. The molecule has 0 spiro atoms. The summed E-state index contributed by atoms with van der Waals surface area (Å²) < 4.78 is 27.4. The zero-order chi connectivity index (χ0) is 24.5. The van der Waals surface area contributed by atoms with E-state index >= 15 is 0 Å². The van der Waals surface area contributed by atoms with Crippen LogP contribution in [0.25, 0.3) is 0 Å². The Bertz CT molecular complexity index is 1050. The second kappa shape index (κ2) is 12.7. The Hall–Kier alpha value is -2.22. The van der Waals surface area contributed by atoms with E-state index in [1.54, 1.807) is 0 Å². The smallest absolute Gasteiger partial charge is 0.224 e. The molecule has 2 aromatic rings. The fraction of sp³-hybridized carbons (Fsp3) is 0.536. The largest absolute Gasteiger partial charge is 0.352 e. The zero-order valence-corrected chi connectivity index (χ0v) is 21.5. The van der Waals surface area contributed by atoms with Crippen molar-refractivity contribution in [3.63, 3.8) is 0 Å². The third-order valence-electron chi connectivity index (χ3n) is 7.27. The quantitative estimate of drug-likeness (QED) is 0.539. The van der Waals surface area contributed by atoms with Gasteiger partial charge >= 0.3 is 0 Å². The highest BCUT2D eigenvalue weighted by molar-refractivity contribution is 7.89. The van der Waals surface area contributed by atoms with Gasteiger partial charge in [-0.1, -0.05) is 61.0 Å². The third kappa shape index (κ3) is 7.63. The maximum atomic E-state index is 13.0. The number of benzene rings is 2. The van der Waals surface area contributed by atoms with E-state index in [0.717, 1.165) is 50.0 Å². The molecule has 7 heteroatoms. The molecule has 2 aliphatic heterocycles. The summed E-state index contributed by atoms with van der Waals surface area (Å²) in [5, 5.41) is 3.10. The van der Waals surface area contributed by atoms with Crippen LogP contribution < -0.4 is 5.32 Å². The molecule has 190 valence electrons. The number of piperidine rings is 2. The molecule has 0 unspecified atom stereocenters. The Kier molecular flexibility index (Phi) is 9.35. The normalized spacial score (nSPS) is 19.9. The molecule has 2 saturated heterocycles. The highest BCUT2D eigenvalue weighted by Crippen LogP contribution is 2.21. The van der Waals surface area contributed by atoms with Gasteiger partial charge in [-0.25, -0.2) is 12.7 Å². The SMILES string of the molecule is O=C(NCc1ccccc1CN1CCCCC1)[C@@H]1CCCN(S(=O)(=O)CCCc2ccccc2)C1. The second-order valence-corrected chi connectivity index (χ2v) is 12.0. The highest BCUT2D eigenvalue weighted by Gasteiger charge is 2.32. The van der Waals surface area contributed by atoms with E-state index in [1.165, 1.54) is 29.1 Å². The van der Waals surface area contributed by atoms with Crippen LogP contribution in [0.1, 0.15) is 55.2 Å². The lowest BCUT2D eigenvalue weighted by molar-refractivity contribution is -0.126. The van der Waals surface area contributed by atoms with Crippen LogP contribution >= 0.6 is 0 Å². The Balaban J connectivity index is 1.27. The summed E-state index contributed by atoms with van der Waals surface area (Å²) in [5.74, 6) is -0.205. The van der Waals surface area contributed by atoms with Crippen molar-refractivity contribution in [2.45, 2.75) is 58.0 Å². The van der Waals surface area contributed by atoms with Gasteiger partial charge in [-0.2, -0.15) is 0 Å². The molecule has 2 heterocycles. The van der Waals surface area contributed by atoms with Gasteiger partial charge in [0.2, 0.25) is 15.9 Å². The van der Waals surface area contributed by atoms with Crippen molar-refractivity contribution in [1.29, 1.82) is 0 Å². The van der Waals surface area contributed by atoms with Crippen LogP contribution in [0.4, 0.5) is 0 Å². The average molecular weight is 498 g/mol. The van der Waals surface area contributed by atoms with Crippen LogP contribution in [-0.2, 0) is 34.3 Å². The van der Waals surface area contributed by atoms with Crippen LogP contribution in [0, 0.1) is 5.92 Å². The molecular formula is C28H39N3O3S. The minimum atomic E-state index is -3.36. The van der Waals surface area contributed by atoms with Crippen LogP contribution in [0.2, 0.25) is 0 Å². The van der Waals surface area contributed by atoms with Crippen LogP contribution in [-0.4, -0.2) is 55.5 Å². The lowest BCUT2D eigenvalue weighted by Gasteiger charge is -2.31. The number of amides is 1. The van der Waals surface area contributed by atoms with Crippen molar-refractivity contribution in [2.24, 2.45) is 5.92 Å². The monoisotopic (exact) mass is 497 g/mol. The number of carbonyl (C=O) groups is 1. The first-order chi connectivity index (χ1) is 17.0. The van der Waals surface area contributed by atoms with Gasteiger partial charge in [0.05, 0.1) is 11.7 Å². The van der Waals surface area contributed by atoms with E-state index in [4.69, 9.17) is 0 Å². The molecule has 0 bridgehead atoms. The number of hydrogen-bond donors (Lipinski definition) is 1. The van der Waals surface area contributed by atoms with Gasteiger partial charge in [-0.15, -0.1) is 0 Å². The molecule has 2 fully saturated rings. The van der Waals surface area contributed by atoms with Gasteiger partial charge in [0.1, 0.15) is 0 Å². The van der Waals surface area contributed by atoms with Gasteiger partial charge in [-0.05, 0) is 68.3 Å². The predicted molar refractivity (Wildman–Crippen MR) is 140 cm³/mol. The summed E-state index contributed by atoms with van der Waals surface area (Å²) >= 11 is 0. The minimum Gasteiger partial charge on any atom is -0.352 e. The summed E-state index contributed by atoms with van der Waals surface area (Å²) in [6.07, 6.45) is 6.62. The summed E-state index contributed by atoms with van der Waals surface area (Å²) in [7, 11) is -3.36. The molecule has 1 amide bonds. The highest BCUT2D eigenvalue weighted by atomic mass is 32.2. The Morgan fingerprint density at radius 2 is 1.60 bits per heavy atom. The Labute approximate surface area is 210 Å². The van der Waals surface area contributed by atoms with Crippen LogP contribution in [0.5, 0.6) is 0 Å². The van der Waals surface area contributed by atoms with E-state index in [9.17, 15) is 13.2 Å². The molecule has 35 heavy (non-hydrogen) atoms. The second-order valence-electron chi connectivity index (χ2n) is 9.93. The Morgan fingerprint density at radius 1 is 0.886 bits per heavy atom. The number of rotatable bonds is 10. The summed E-state index contributed by atoms with van der Waals surface area (Å²) in [4.78, 5) is 15.5. The average Bonchev–Trinajstić information content (AvgIpc) is 2.89. The summed E-state index contributed by atoms with van der Waals surface area (Å²) in [6, 6.07) is 18.3. The third-order valence-corrected chi connectivity index (χ3v) is 9.20. The number of aryl methyl sites for hydroxylation is 1.